The van der Waals surface area contributed by atoms with Crippen LogP contribution in [-0.2, 0) is 14.3 Å². The summed E-state index contributed by atoms with van der Waals surface area (Å²) in [5.74, 6) is -0.0599. The predicted octanol–water partition coefficient (Wildman–Crippen LogP) is 16.9. The van der Waals surface area contributed by atoms with Crippen molar-refractivity contribution in [3.8, 4) is 0 Å². The summed E-state index contributed by atoms with van der Waals surface area (Å²) in [5.41, 5.74) is 0. The monoisotopic (exact) mass is 876 g/mol. The van der Waals surface area contributed by atoms with Crippen LogP contribution in [0.2, 0.25) is 0 Å². The second-order valence-electron chi connectivity index (χ2n) is 19.3. The van der Waals surface area contributed by atoms with Crippen LogP contribution in [0.3, 0.4) is 0 Å². The molecular formula is C56H109NO5. The van der Waals surface area contributed by atoms with Gasteiger partial charge in [-0.2, -0.15) is 0 Å². The zero-order valence-electron chi connectivity index (χ0n) is 41.9. The molecule has 0 aromatic rings. The van der Waals surface area contributed by atoms with Crippen LogP contribution in [0.1, 0.15) is 309 Å². The van der Waals surface area contributed by atoms with Crippen LogP contribution in [0.25, 0.3) is 0 Å². The molecule has 0 saturated carbocycles. The molecule has 0 aliphatic heterocycles. The van der Waals surface area contributed by atoms with E-state index in [1.165, 1.54) is 244 Å². The van der Waals surface area contributed by atoms with Gasteiger partial charge in [0.25, 0.3) is 0 Å². The molecule has 0 bridgehead atoms. The SMILES string of the molecule is CCCCCCCCCC/C=C/C(O)C(CO)NC(=O)CCCCCCCCCCCCCCCCCCCCCOC(=O)CCCCCCCCCCCCCCCCCC. The Bertz CT molecular complexity index is 924. The Morgan fingerprint density at radius 3 is 1.10 bits per heavy atom. The molecule has 0 saturated heterocycles. The number of rotatable bonds is 52. The van der Waals surface area contributed by atoms with Gasteiger partial charge in [-0.15, -0.1) is 0 Å². The van der Waals surface area contributed by atoms with Gasteiger partial charge >= 0.3 is 5.97 Å². The fraction of sp³-hybridized carbons (Fsp3) is 0.929. The van der Waals surface area contributed by atoms with E-state index in [9.17, 15) is 19.8 Å². The standard InChI is InChI=1S/C56H109NO5/c1-3-5-7-9-11-13-15-16-17-24-27-30-34-38-42-46-50-56(61)62-51-47-43-39-35-31-28-25-22-20-18-19-21-23-26-29-33-37-41-45-49-55(60)57-53(52-58)54(59)48-44-40-36-32-14-12-10-8-6-4-2/h44,48,53-54,58-59H,3-43,45-47,49-52H2,1-2H3,(H,57,60)/b48-44+. The number of unbranched alkanes of at least 4 members (excludes halogenated alkanes) is 41. The fourth-order valence-electron chi connectivity index (χ4n) is 8.75. The Morgan fingerprint density at radius 1 is 0.435 bits per heavy atom. The number of aliphatic hydroxyl groups excluding tert-OH is 2. The average molecular weight is 876 g/mol. The normalized spacial score (nSPS) is 12.6. The highest BCUT2D eigenvalue weighted by molar-refractivity contribution is 5.76. The van der Waals surface area contributed by atoms with Gasteiger partial charge in [0, 0.05) is 12.8 Å². The number of hydrogen-bond donors (Lipinski definition) is 3. The number of nitrogens with one attached hydrogen (secondary N) is 1. The maximum Gasteiger partial charge on any atom is 0.305 e. The van der Waals surface area contributed by atoms with Gasteiger partial charge < -0.3 is 20.3 Å². The summed E-state index contributed by atoms with van der Waals surface area (Å²) in [7, 11) is 0. The van der Waals surface area contributed by atoms with E-state index in [2.05, 4.69) is 19.2 Å². The molecule has 6 nitrogen and oxygen atoms in total. The summed E-state index contributed by atoms with van der Waals surface area (Å²) < 4.78 is 5.49. The van der Waals surface area contributed by atoms with E-state index in [0.29, 0.717) is 19.4 Å². The molecule has 0 fully saturated rings. The lowest BCUT2D eigenvalue weighted by Gasteiger charge is -2.20. The van der Waals surface area contributed by atoms with E-state index in [4.69, 9.17) is 4.74 Å². The van der Waals surface area contributed by atoms with Crippen LogP contribution in [0.15, 0.2) is 12.2 Å². The third-order valence-corrected chi connectivity index (χ3v) is 13.1. The van der Waals surface area contributed by atoms with Crippen molar-refractivity contribution in [2.24, 2.45) is 0 Å². The molecule has 0 aromatic heterocycles. The summed E-state index contributed by atoms with van der Waals surface area (Å²) in [6.07, 6.45) is 60.9. The number of allylic oxidation sites excluding steroid dienone is 1. The van der Waals surface area contributed by atoms with E-state index in [-0.39, 0.29) is 18.5 Å². The Hall–Kier alpha value is -1.40. The Labute approximate surface area is 387 Å². The summed E-state index contributed by atoms with van der Waals surface area (Å²) in [6, 6.07) is -0.627. The topological polar surface area (TPSA) is 95.9 Å². The highest BCUT2D eigenvalue weighted by Gasteiger charge is 2.18. The molecule has 0 heterocycles. The van der Waals surface area contributed by atoms with Crippen molar-refractivity contribution in [2.45, 2.75) is 321 Å². The van der Waals surface area contributed by atoms with Crippen molar-refractivity contribution in [1.29, 1.82) is 0 Å². The molecule has 1 amide bonds. The zero-order valence-corrected chi connectivity index (χ0v) is 41.9. The van der Waals surface area contributed by atoms with Crippen LogP contribution in [0.5, 0.6) is 0 Å². The molecular weight excluding hydrogens is 767 g/mol. The lowest BCUT2D eigenvalue weighted by Crippen LogP contribution is -2.45. The van der Waals surface area contributed by atoms with Gasteiger partial charge in [0.1, 0.15) is 0 Å². The highest BCUT2D eigenvalue weighted by atomic mass is 16.5. The van der Waals surface area contributed by atoms with Crippen molar-refractivity contribution in [3.63, 3.8) is 0 Å². The number of esters is 1. The third-order valence-electron chi connectivity index (χ3n) is 13.1. The molecule has 0 aliphatic rings. The molecule has 0 spiro atoms. The smallest absolute Gasteiger partial charge is 0.305 e. The Balaban J connectivity index is 3.37. The molecule has 2 unspecified atom stereocenters. The quantitative estimate of drug-likeness (QED) is 0.0321. The second kappa shape index (κ2) is 52.2. The minimum absolute atomic E-state index is 0.0118. The maximum atomic E-state index is 12.4. The first-order valence-corrected chi connectivity index (χ1v) is 28.0. The van der Waals surface area contributed by atoms with Crippen LogP contribution >= 0.6 is 0 Å². The van der Waals surface area contributed by atoms with Crippen molar-refractivity contribution >= 4 is 11.9 Å². The number of carbonyl (C=O) groups is 2. The lowest BCUT2D eigenvalue weighted by atomic mass is 10.0. The van der Waals surface area contributed by atoms with Gasteiger partial charge in [0.2, 0.25) is 5.91 Å². The van der Waals surface area contributed by atoms with E-state index in [0.717, 1.165) is 38.5 Å². The van der Waals surface area contributed by atoms with Crippen molar-refractivity contribution < 1.29 is 24.5 Å². The molecule has 368 valence electrons. The van der Waals surface area contributed by atoms with Crippen molar-refractivity contribution in [1.82, 2.24) is 5.32 Å². The molecule has 62 heavy (non-hydrogen) atoms. The summed E-state index contributed by atoms with van der Waals surface area (Å²) in [4.78, 5) is 24.4. The first-order valence-electron chi connectivity index (χ1n) is 28.0. The zero-order chi connectivity index (χ0) is 45.1. The number of ether oxygens (including phenoxy) is 1. The van der Waals surface area contributed by atoms with Gasteiger partial charge in [-0.05, 0) is 32.1 Å². The first kappa shape index (κ1) is 60.6. The minimum Gasteiger partial charge on any atom is -0.466 e. The molecule has 0 rings (SSSR count). The minimum atomic E-state index is -0.843. The fourth-order valence-corrected chi connectivity index (χ4v) is 8.75. The van der Waals surface area contributed by atoms with E-state index >= 15 is 0 Å². The molecule has 6 heteroatoms. The number of carbonyl (C=O) groups excluding carboxylic acids is 2. The van der Waals surface area contributed by atoms with Crippen LogP contribution in [-0.4, -0.2) is 47.4 Å². The predicted molar refractivity (Wildman–Crippen MR) is 269 cm³/mol. The highest BCUT2D eigenvalue weighted by Crippen LogP contribution is 2.17. The Kier molecular flexibility index (Phi) is 51.0. The summed E-state index contributed by atoms with van der Waals surface area (Å²) >= 11 is 0. The average Bonchev–Trinajstić information content (AvgIpc) is 3.27. The largest absolute Gasteiger partial charge is 0.466 e. The van der Waals surface area contributed by atoms with Gasteiger partial charge in [-0.25, -0.2) is 0 Å². The maximum absolute atomic E-state index is 12.4. The number of hydrogen-bond acceptors (Lipinski definition) is 5. The van der Waals surface area contributed by atoms with Gasteiger partial charge in [-0.3, -0.25) is 9.59 Å². The molecule has 2 atom stereocenters. The van der Waals surface area contributed by atoms with E-state index in [1.54, 1.807) is 6.08 Å². The van der Waals surface area contributed by atoms with E-state index in [1.807, 2.05) is 6.08 Å². The summed E-state index contributed by atoms with van der Waals surface area (Å²) in [6.45, 7) is 4.89. The molecule has 0 aromatic carbocycles. The second-order valence-corrected chi connectivity index (χ2v) is 19.3. The van der Waals surface area contributed by atoms with Crippen LogP contribution < -0.4 is 5.32 Å². The number of amides is 1. The van der Waals surface area contributed by atoms with Gasteiger partial charge in [0.05, 0.1) is 25.4 Å². The van der Waals surface area contributed by atoms with Crippen LogP contribution in [0, 0.1) is 0 Å². The van der Waals surface area contributed by atoms with Crippen molar-refractivity contribution in [2.75, 3.05) is 13.2 Å². The van der Waals surface area contributed by atoms with E-state index < -0.39 is 12.1 Å². The number of aliphatic hydroxyl groups is 2. The van der Waals surface area contributed by atoms with Gasteiger partial charge in [-0.1, -0.05) is 276 Å². The molecule has 0 aliphatic carbocycles. The van der Waals surface area contributed by atoms with Crippen LogP contribution in [0.4, 0.5) is 0 Å². The first-order chi connectivity index (χ1) is 30.5. The molecule has 0 radical (unpaired) electrons. The lowest BCUT2D eigenvalue weighted by molar-refractivity contribution is -0.143. The molecule has 3 N–H and O–H groups in total. The van der Waals surface area contributed by atoms with Gasteiger partial charge in [0.15, 0.2) is 0 Å². The van der Waals surface area contributed by atoms with Crippen molar-refractivity contribution in [3.05, 3.63) is 12.2 Å². The third kappa shape index (κ3) is 48.1. The Morgan fingerprint density at radius 2 is 0.742 bits per heavy atom. The summed E-state index contributed by atoms with van der Waals surface area (Å²) in [5, 5.41) is 23.0.